The van der Waals surface area contributed by atoms with Crippen molar-refractivity contribution in [2.45, 2.75) is 11.4 Å². The molecule has 4 rings (SSSR count). The van der Waals surface area contributed by atoms with E-state index in [9.17, 15) is 18.0 Å². The van der Waals surface area contributed by atoms with E-state index in [1.165, 1.54) is 25.3 Å². The molecule has 0 aromatic heterocycles. The Morgan fingerprint density at radius 2 is 1.58 bits per heavy atom. The van der Waals surface area contributed by atoms with E-state index < -0.39 is 21.3 Å². The number of para-hydroxylation sites is 1. The Hall–Kier alpha value is -3.56. The molecule has 0 atom stereocenters. The fourth-order valence-electron chi connectivity index (χ4n) is 3.18. The number of ether oxygens (including phenoxy) is 1. The molecule has 0 bridgehead atoms. The van der Waals surface area contributed by atoms with Crippen molar-refractivity contribution in [2.24, 2.45) is 0 Å². The number of nitrogens with zero attached hydrogens (tertiary/aromatic N) is 1. The minimum absolute atomic E-state index is 0.0231. The molecule has 0 aliphatic carbocycles. The lowest BCUT2D eigenvalue weighted by Crippen LogP contribution is -2.27. The first-order valence-electron chi connectivity index (χ1n) is 9.85. The van der Waals surface area contributed by atoms with Crippen LogP contribution in [0.4, 0.5) is 4.79 Å². The highest BCUT2D eigenvalue weighted by Gasteiger charge is 2.35. The van der Waals surface area contributed by atoms with Gasteiger partial charge in [0.25, 0.3) is 11.1 Å². The van der Waals surface area contributed by atoms with Gasteiger partial charge in [0, 0.05) is 5.56 Å². The second-order valence-electron chi connectivity index (χ2n) is 6.98. The maximum Gasteiger partial charge on any atom is 0.339 e. The quantitative estimate of drug-likeness (QED) is 0.357. The number of carbonyl (C=O) groups is 2. The Balaban J connectivity index is 1.67. The topological polar surface area (TPSA) is 90.0 Å². The van der Waals surface area contributed by atoms with Gasteiger partial charge in [0.05, 0.1) is 18.6 Å². The van der Waals surface area contributed by atoms with Crippen LogP contribution in [0.1, 0.15) is 11.1 Å². The summed E-state index contributed by atoms with van der Waals surface area (Å²) in [6.45, 7) is 0.146. The zero-order valence-electron chi connectivity index (χ0n) is 17.5. The summed E-state index contributed by atoms with van der Waals surface area (Å²) < 4.78 is 36.3. The minimum Gasteiger partial charge on any atom is -0.493 e. The molecule has 1 heterocycles. The van der Waals surface area contributed by atoms with Gasteiger partial charge in [-0.1, -0.05) is 60.7 Å². The smallest absolute Gasteiger partial charge is 0.339 e. The largest absolute Gasteiger partial charge is 0.493 e. The number of methoxy groups -OCH3 is 1. The Morgan fingerprint density at radius 3 is 2.24 bits per heavy atom. The van der Waals surface area contributed by atoms with Crippen molar-refractivity contribution >= 4 is 39.1 Å². The molecule has 0 spiro atoms. The number of rotatable bonds is 7. The number of imide groups is 1. The molecule has 0 N–H and O–H groups in total. The molecule has 2 amide bonds. The predicted molar refractivity (Wildman–Crippen MR) is 125 cm³/mol. The van der Waals surface area contributed by atoms with Gasteiger partial charge >= 0.3 is 10.1 Å². The number of amides is 2. The summed E-state index contributed by atoms with van der Waals surface area (Å²) in [6, 6.07) is 21.6. The van der Waals surface area contributed by atoms with E-state index in [-0.39, 0.29) is 27.8 Å². The Kier molecular flexibility index (Phi) is 6.52. The highest BCUT2D eigenvalue weighted by molar-refractivity contribution is 8.18. The van der Waals surface area contributed by atoms with Crippen molar-refractivity contribution in [2.75, 3.05) is 7.11 Å². The SMILES string of the molecule is COc1cccc(/C=C2\SC(=O)N(Cc3ccccc3)C2=O)c1OS(=O)(=O)c1ccccc1. The van der Waals surface area contributed by atoms with Crippen molar-refractivity contribution in [1.29, 1.82) is 0 Å². The van der Waals surface area contributed by atoms with E-state index in [4.69, 9.17) is 8.92 Å². The maximum absolute atomic E-state index is 12.9. The van der Waals surface area contributed by atoms with Crippen molar-refractivity contribution < 1.29 is 26.9 Å². The van der Waals surface area contributed by atoms with Crippen LogP contribution in [-0.4, -0.2) is 31.6 Å². The predicted octanol–water partition coefficient (Wildman–Crippen LogP) is 4.70. The Morgan fingerprint density at radius 1 is 0.909 bits per heavy atom. The van der Waals surface area contributed by atoms with Crippen LogP contribution in [0.15, 0.2) is 88.7 Å². The molecule has 1 fully saturated rings. The molecule has 33 heavy (non-hydrogen) atoms. The number of carbonyl (C=O) groups excluding carboxylic acids is 2. The van der Waals surface area contributed by atoms with Crippen molar-refractivity contribution in [3.05, 3.63) is 94.9 Å². The number of thioether (sulfide) groups is 1. The Bertz CT molecular complexity index is 1320. The molecule has 3 aromatic rings. The first-order chi connectivity index (χ1) is 15.9. The van der Waals surface area contributed by atoms with E-state index in [0.29, 0.717) is 5.56 Å². The third-order valence-corrected chi connectivity index (χ3v) is 6.94. The van der Waals surface area contributed by atoms with Gasteiger partial charge in [0.2, 0.25) is 0 Å². The number of benzene rings is 3. The molecule has 1 aliphatic heterocycles. The highest BCUT2D eigenvalue weighted by atomic mass is 32.2. The number of hydrogen-bond donors (Lipinski definition) is 0. The van der Waals surface area contributed by atoms with Gasteiger partial charge in [-0.2, -0.15) is 8.42 Å². The van der Waals surface area contributed by atoms with Gasteiger partial charge in [-0.3, -0.25) is 14.5 Å². The Labute approximate surface area is 195 Å². The zero-order chi connectivity index (χ0) is 23.4. The number of hydrogen-bond acceptors (Lipinski definition) is 7. The summed E-state index contributed by atoms with van der Waals surface area (Å²) in [5, 5.41) is -0.405. The maximum atomic E-state index is 12.9. The van der Waals surface area contributed by atoms with Crippen LogP contribution in [0.25, 0.3) is 6.08 Å². The lowest BCUT2D eigenvalue weighted by Gasteiger charge is -2.14. The summed E-state index contributed by atoms with van der Waals surface area (Å²) in [5.74, 6) is -0.362. The molecule has 1 saturated heterocycles. The fraction of sp³-hybridized carbons (Fsp3) is 0.0833. The molecular formula is C24H19NO6S2. The molecular weight excluding hydrogens is 462 g/mol. The van der Waals surface area contributed by atoms with Crippen LogP contribution in [0, 0.1) is 0 Å². The second-order valence-corrected chi connectivity index (χ2v) is 9.52. The van der Waals surface area contributed by atoms with Crippen LogP contribution < -0.4 is 8.92 Å². The highest BCUT2D eigenvalue weighted by Crippen LogP contribution is 2.39. The summed E-state index contributed by atoms with van der Waals surface area (Å²) in [4.78, 5) is 26.7. The van der Waals surface area contributed by atoms with Crippen LogP contribution in [-0.2, 0) is 21.5 Å². The first kappa shape index (κ1) is 22.6. The molecule has 0 unspecified atom stereocenters. The zero-order valence-corrected chi connectivity index (χ0v) is 19.1. The van der Waals surface area contributed by atoms with Crippen molar-refractivity contribution in [3.8, 4) is 11.5 Å². The van der Waals surface area contributed by atoms with E-state index >= 15 is 0 Å². The molecule has 168 valence electrons. The van der Waals surface area contributed by atoms with E-state index in [2.05, 4.69) is 0 Å². The minimum atomic E-state index is -4.16. The summed E-state index contributed by atoms with van der Waals surface area (Å²) in [6.07, 6.45) is 1.44. The molecule has 9 heteroatoms. The van der Waals surface area contributed by atoms with E-state index in [0.717, 1.165) is 22.2 Å². The molecule has 3 aromatic carbocycles. The van der Waals surface area contributed by atoms with Crippen molar-refractivity contribution in [1.82, 2.24) is 4.90 Å². The van der Waals surface area contributed by atoms with E-state index in [1.54, 1.807) is 36.4 Å². The van der Waals surface area contributed by atoms with Gasteiger partial charge in [0.15, 0.2) is 11.5 Å². The average molecular weight is 482 g/mol. The fourth-order valence-corrected chi connectivity index (χ4v) is 5.00. The normalized spacial score (nSPS) is 15.2. The van der Waals surface area contributed by atoms with Crippen LogP contribution in [0.5, 0.6) is 11.5 Å². The molecule has 7 nitrogen and oxygen atoms in total. The summed E-state index contributed by atoms with van der Waals surface area (Å²) in [5.41, 5.74) is 1.11. The lowest BCUT2D eigenvalue weighted by atomic mass is 10.1. The second kappa shape index (κ2) is 9.51. The average Bonchev–Trinajstić information content (AvgIpc) is 3.08. The van der Waals surface area contributed by atoms with Gasteiger partial charge in [0.1, 0.15) is 4.90 Å². The van der Waals surface area contributed by atoms with Crippen LogP contribution in [0.2, 0.25) is 0 Å². The van der Waals surface area contributed by atoms with Crippen LogP contribution in [0.3, 0.4) is 0 Å². The summed E-state index contributed by atoms with van der Waals surface area (Å²) in [7, 11) is -2.77. The molecule has 1 aliphatic rings. The molecule has 0 radical (unpaired) electrons. The molecule has 0 saturated carbocycles. The van der Waals surface area contributed by atoms with Gasteiger partial charge in [-0.05, 0) is 41.6 Å². The summed E-state index contributed by atoms with van der Waals surface area (Å²) >= 11 is 0.785. The van der Waals surface area contributed by atoms with Gasteiger partial charge in [-0.25, -0.2) is 0 Å². The van der Waals surface area contributed by atoms with Crippen LogP contribution >= 0.6 is 11.8 Å². The van der Waals surface area contributed by atoms with E-state index in [1.807, 2.05) is 30.3 Å². The third kappa shape index (κ3) is 4.94. The van der Waals surface area contributed by atoms with Crippen molar-refractivity contribution in [3.63, 3.8) is 0 Å². The first-order valence-corrected chi connectivity index (χ1v) is 12.1. The van der Waals surface area contributed by atoms with Gasteiger partial charge < -0.3 is 8.92 Å². The van der Waals surface area contributed by atoms with Gasteiger partial charge in [-0.15, -0.1) is 0 Å². The monoisotopic (exact) mass is 481 g/mol. The third-order valence-electron chi connectivity index (χ3n) is 4.80. The lowest BCUT2D eigenvalue weighted by molar-refractivity contribution is -0.123. The standard InChI is InChI=1S/C24H19NO6S2/c1-30-20-14-8-11-18(22(20)31-33(28,29)19-12-6-3-7-13-19)15-21-23(26)25(24(27)32-21)16-17-9-4-2-5-10-17/h2-15H,16H2,1H3/b21-15-.